The third-order valence-corrected chi connectivity index (χ3v) is 4.70. The molecule has 104 valence electrons. The molecule has 0 amide bonds. The summed E-state index contributed by atoms with van der Waals surface area (Å²) >= 11 is 0. The van der Waals surface area contributed by atoms with Crippen molar-refractivity contribution < 1.29 is 4.74 Å². The van der Waals surface area contributed by atoms with Gasteiger partial charge in [0.2, 0.25) is 0 Å². The van der Waals surface area contributed by atoms with E-state index in [1.165, 1.54) is 56.2 Å². The Balaban J connectivity index is 1.67. The van der Waals surface area contributed by atoms with Crippen LogP contribution in [0.5, 0.6) is 5.75 Å². The molecule has 0 unspecified atom stereocenters. The lowest BCUT2D eigenvalue weighted by Crippen LogP contribution is -2.25. The number of ether oxygens (including phenoxy) is 1. The van der Waals surface area contributed by atoms with Crippen LogP contribution in [0.1, 0.15) is 51.0 Å². The number of para-hydroxylation sites is 1. The van der Waals surface area contributed by atoms with Gasteiger partial charge in [-0.1, -0.05) is 25.5 Å². The molecule has 0 radical (unpaired) electrons. The first-order valence-corrected chi connectivity index (χ1v) is 7.89. The standard InChI is InChI=1S/C17H25NO/c1-2-13-8-10-15(11-9-13)19-16-7-3-5-14-6-4-12-18-17(14)16/h3,5,7,13,15,18H,2,4,6,8-12H2,1H3. The highest BCUT2D eigenvalue weighted by atomic mass is 16.5. The summed E-state index contributed by atoms with van der Waals surface area (Å²) in [5, 5.41) is 3.52. The summed E-state index contributed by atoms with van der Waals surface area (Å²) in [7, 11) is 0. The van der Waals surface area contributed by atoms with Crippen LogP contribution >= 0.6 is 0 Å². The molecule has 2 aliphatic rings. The number of anilines is 1. The Morgan fingerprint density at radius 1 is 1.21 bits per heavy atom. The normalized spacial score (nSPS) is 26.4. The third-order valence-electron chi connectivity index (χ3n) is 4.70. The highest BCUT2D eigenvalue weighted by molar-refractivity contribution is 5.63. The molecule has 1 fully saturated rings. The van der Waals surface area contributed by atoms with E-state index in [1.54, 1.807) is 0 Å². The van der Waals surface area contributed by atoms with Crippen LogP contribution in [-0.2, 0) is 6.42 Å². The van der Waals surface area contributed by atoms with Crippen LogP contribution in [0.25, 0.3) is 0 Å². The van der Waals surface area contributed by atoms with Crippen molar-refractivity contribution in [3.8, 4) is 5.75 Å². The zero-order valence-corrected chi connectivity index (χ0v) is 12.0. The van der Waals surface area contributed by atoms with Crippen molar-refractivity contribution in [1.29, 1.82) is 0 Å². The molecule has 0 aromatic heterocycles. The van der Waals surface area contributed by atoms with Crippen LogP contribution in [0.4, 0.5) is 5.69 Å². The summed E-state index contributed by atoms with van der Waals surface area (Å²) < 4.78 is 6.28. The summed E-state index contributed by atoms with van der Waals surface area (Å²) in [5.74, 6) is 2.01. The van der Waals surface area contributed by atoms with Gasteiger partial charge in [0.15, 0.2) is 0 Å². The maximum Gasteiger partial charge on any atom is 0.143 e. The molecule has 0 atom stereocenters. The minimum Gasteiger partial charge on any atom is -0.488 e. The second-order valence-corrected chi connectivity index (χ2v) is 5.99. The van der Waals surface area contributed by atoms with Crippen molar-refractivity contribution in [1.82, 2.24) is 0 Å². The number of hydrogen-bond acceptors (Lipinski definition) is 2. The van der Waals surface area contributed by atoms with Gasteiger partial charge in [-0.05, 0) is 56.1 Å². The Morgan fingerprint density at radius 3 is 2.84 bits per heavy atom. The maximum atomic E-state index is 6.28. The van der Waals surface area contributed by atoms with E-state index in [1.807, 2.05) is 0 Å². The lowest BCUT2D eigenvalue weighted by molar-refractivity contribution is 0.130. The van der Waals surface area contributed by atoms with Gasteiger partial charge in [0.05, 0.1) is 11.8 Å². The van der Waals surface area contributed by atoms with E-state index in [9.17, 15) is 0 Å². The summed E-state index contributed by atoms with van der Waals surface area (Å²) in [4.78, 5) is 0. The second-order valence-electron chi connectivity index (χ2n) is 5.99. The van der Waals surface area contributed by atoms with Crippen molar-refractivity contribution >= 4 is 5.69 Å². The fourth-order valence-electron chi connectivity index (χ4n) is 3.41. The number of fused-ring (bicyclic) bond motifs is 1. The average Bonchev–Trinajstić information content (AvgIpc) is 2.48. The van der Waals surface area contributed by atoms with Crippen LogP contribution in [0.15, 0.2) is 18.2 Å². The van der Waals surface area contributed by atoms with E-state index in [0.29, 0.717) is 6.10 Å². The lowest BCUT2D eigenvalue weighted by Gasteiger charge is -2.30. The van der Waals surface area contributed by atoms with Gasteiger partial charge in [0.1, 0.15) is 5.75 Å². The number of benzene rings is 1. The summed E-state index contributed by atoms with van der Waals surface area (Å²) in [6.45, 7) is 3.39. The molecule has 19 heavy (non-hydrogen) atoms. The molecule has 1 aromatic carbocycles. The molecule has 1 heterocycles. The van der Waals surface area contributed by atoms with Gasteiger partial charge in [-0.15, -0.1) is 0 Å². The van der Waals surface area contributed by atoms with Crippen LogP contribution in [0.2, 0.25) is 0 Å². The first-order chi connectivity index (χ1) is 9.36. The third kappa shape index (κ3) is 2.88. The molecule has 0 saturated heterocycles. The molecule has 2 nitrogen and oxygen atoms in total. The van der Waals surface area contributed by atoms with Crippen LogP contribution in [0, 0.1) is 5.92 Å². The van der Waals surface area contributed by atoms with Crippen LogP contribution < -0.4 is 10.1 Å². The van der Waals surface area contributed by atoms with Crippen molar-refractivity contribution in [2.45, 2.75) is 58.0 Å². The highest BCUT2D eigenvalue weighted by Crippen LogP contribution is 2.35. The molecule has 1 saturated carbocycles. The van der Waals surface area contributed by atoms with E-state index in [0.717, 1.165) is 18.2 Å². The second kappa shape index (κ2) is 5.85. The Hall–Kier alpha value is -1.18. The van der Waals surface area contributed by atoms with Crippen molar-refractivity contribution in [3.63, 3.8) is 0 Å². The molecule has 1 aliphatic carbocycles. The Kier molecular flexibility index (Phi) is 3.95. The molecule has 1 aliphatic heterocycles. The minimum atomic E-state index is 0.429. The van der Waals surface area contributed by atoms with E-state index in [4.69, 9.17) is 4.74 Å². The van der Waals surface area contributed by atoms with Gasteiger partial charge >= 0.3 is 0 Å². The molecule has 3 rings (SSSR count). The summed E-state index contributed by atoms with van der Waals surface area (Å²) in [6.07, 6.45) is 9.30. The van der Waals surface area contributed by atoms with Gasteiger partial charge in [-0.2, -0.15) is 0 Å². The number of nitrogens with one attached hydrogen (secondary N) is 1. The fourth-order valence-corrected chi connectivity index (χ4v) is 3.41. The highest BCUT2D eigenvalue weighted by Gasteiger charge is 2.23. The molecule has 2 heteroatoms. The predicted octanol–water partition coefficient (Wildman–Crippen LogP) is 4.39. The Bertz CT molecular complexity index is 421. The SMILES string of the molecule is CCC1CCC(Oc2cccc3c2NCCC3)CC1. The monoisotopic (exact) mass is 259 g/mol. The molecular weight excluding hydrogens is 234 g/mol. The quantitative estimate of drug-likeness (QED) is 0.869. The smallest absolute Gasteiger partial charge is 0.143 e. The van der Waals surface area contributed by atoms with Crippen molar-refractivity contribution in [2.75, 3.05) is 11.9 Å². The van der Waals surface area contributed by atoms with E-state index in [2.05, 4.69) is 30.4 Å². The van der Waals surface area contributed by atoms with E-state index >= 15 is 0 Å². The average molecular weight is 259 g/mol. The molecule has 0 bridgehead atoms. The van der Waals surface area contributed by atoms with E-state index < -0.39 is 0 Å². The fraction of sp³-hybridized carbons (Fsp3) is 0.647. The van der Waals surface area contributed by atoms with Gasteiger partial charge < -0.3 is 10.1 Å². The Morgan fingerprint density at radius 2 is 2.05 bits per heavy atom. The number of hydrogen-bond donors (Lipinski definition) is 1. The predicted molar refractivity (Wildman–Crippen MR) is 79.9 cm³/mol. The summed E-state index contributed by atoms with van der Waals surface area (Å²) in [5.41, 5.74) is 2.68. The first kappa shape index (κ1) is 12.8. The topological polar surface area (TPSA) is 21.3 Å². The number of rotatable bonds is 3. The van der Waals surface area contributed by atoms with Crippen LogP contribution in [0.3, 0.4) is 0 Å². The van der Waals surface area contributed by atoms with E-state index in [-0.39, 0.29) is 0 Å². The van der Waals surface area contributed by atoms with Gasteiger partial charge in [-0.3, -0.25) is 0 Å². The maximum absolute atomic E-state index is 6.28. The zero-order valence-electron chi connectivity index (χ0n) is 12.0. The zero-order chi connectivity index (χ0) is 13.1. The van der Waals surface area contributed by atoms with Gasteiger partial charge in [0, 0.05) is 6.54 Å². The largest absolute Gasteiger partial charge is 0.488 e. The molecule has 0 spiro atoms. The van der Waals surface area contributed by atoms with Gasteiger partial charge in [-0.25, -0.2) is 0 Å². The summed E-state index contributed by atoms with van der Waals surface area (Å²) in [6, 6.07) is 6.49. The first-order valence-electron chi connectivity index (χ1n) is 7.89. The van der Waals surface area contributed by atoms with Crippen molar-refractivity contribution in [2.24, 2.45) is 5.92 Å². The Labute approximate surface area is 116 Å². The molecular formula is C17H25NO. The van der Waals surface area contributed by atoms with Crippen LogP contribution in [-0.4, -0.2) is 12.6 Å². The van der Waals surface area contributed by atoms with Crippen molar-refractivity contribution in [3.05, 3.63) is 23.8 Å². The minimum absolute atomic E-state index is 0.429. The lowest BCUT2D eigenvalue weighted by atomic mass is 9.86. The number of aryl methyl sites for hydroxylation is 1. The molecule has 1 aromatic rings. The van der Waals surface area contributed by atoms with Gasteiger partial charge in [0.25, 0.3) is 0 Å². The molecule has 1 N–H and O–H groups in total.